The lowest BCUT2D eigenvalue weighted by Crippen LogP contribution is -1.81. The van der Waals surface area contributed by atoms with Gasteiger partial charge in [-0.1, -0.05) is 79.7 Å². The van der Waals surface area contributed by atoms with Crippen LogP contribution in [-0.2, 0) is 12.8 Å². The second kappa shape index (κ2) is 19.7. The van der Waals surface area contributed by atoms with Gasteiger partial charge in [-0.2, -0.15) is 0 Å². The molecule has 0 amide bonds. The predicted molar refractivity (Wildman–Crippen MR) is 79.2 cm³/mol. The first-order valence-corrected chi connectivity index (χ1v) is 6.94. The summed E-state index contributed by atoms with van der Waals surface area (Å²) in [5, 5.41) is 0. The van der Waals surface area contributed by atoms with Gasteiger partial charge in [-0.05, 0) is 24.0 Å². The molecule has 16 heavy (non-hydrogen) atoms. The Morgan fingerprint density at radius 1 is 0.562 bits per heavy atom. The van der Waals surface area contributed by atoms with Crippen molar-refractivity contribution in [3.63, 3.8) is 0 Å². The monoisotopic (exact) mass is 224 g/mol. The summed E-state index contributed by atoms with van der Waals surface area (Å²) in [7, 11) is 0. The lowest BCUT2D eigenvalue weighted by atomic mass is 10.1. The van der Waals surface area contributed by atoms with Gasteiger partial charge in [-0.3, -0.25) is 0 Å². The molecule has 0 heteroatoms. The molecule has 0 aliphatic carbocycles. The highest BCUT2D eigenvalue weighted by Gasteiger charge is 1.88. The van der Waals surface area contributed by atoms with Gasteiger partial charge in [-0.15, -0.1) is 0 Å². The Morgan fingerprint density at radius 3 is 0.875 bits per heavy atom. The maximum Gasteiger partial charge on any atom is -0.0307 e. The Bertz CT molecular complexity index is 161. The van der Waals surface area contributed by atoms with E-state index in [1.807, 2.05) is 41.5 Å². The molecular weight excluding hydrogens is 192 g/mol. The summed E-state index contributed by atoms with van der Waals surface area (Å²) in [6.45, 7) is 16.4. The molecule has 0 nitrogen and oxygen atoms in total. The van der Waals surface area contributed by atoms with Crippen molar-refractivity contribution in [3.8, 4) is 0 Å². The van der Waals surface area contributed by atoms with Crippen LogP contribution in [0.15, 0.2) is 24.3 Å². The summed E-state index contributed by atoms with van der Waals surface area (Å²) in [5.41, 5.74) is 2.86. The topological polar surface area (TPSA) is 0 Å². The van der Waals surface area contributed by atoms with Gasteiger partial charge < -0.3 is 0 Å². The fourth-order valence-electron chi connectivity index (χ4n) is 1.01. The SMILES string of the molecule is CC.CC.CC.CCc1ccc(CC)cc1. The maximum atomic E-state index is 2.21. The number of aryl methyl sites for hydroxylation is 2. The number of rotatable bonds is 2. The van der Waals surface area contributed by atoms with Crippen molar-refractivity contribution < 1.29 is 0 Å². The van der Waals surface area contributed by atoms with Crippen LogP contribution in [0, 0.1) is 0 Å². The zero-order chi connectivity index (χ0) is 13.4. The van der Waals surface area contributed by atoms with E-state index in [9.17, 15) is 0 Å². The normalized spacial score (nSPS) is 7.25. The first-order chi connectivity index (χ1) is 7.86. The van der Waals surface area contributed by atoms with Crippen LogP contribution in [-0.4, -0.2) is 0 Å². The van der Waals surface area contributed by atoms with Crippen LogP contribution >= 0.6 is 0 Å². The van der Waals surface area contributed by atoms with Crippen LogP contribution < -0.4 is 0 Å². The van der Waals surface area contributed by atoms with E-state index in [-0.39, 0.29) is 0 Å². The molecule has 96 valence electrons. The van der Waals surface area contributed by atoms with Gasteiger partial charge in [-0.25, -0.2) is 0 Å². The van der Waals surface area contributed by atoms with Crippen LogP contribution in [0.4, 0.5) is 0 Å². The zero-order valence-electron chi connectivity index (χ0n) is 12.7. The van der Waals surface area contributed by atoms with E-state index in [1.165, 1.54) is 11.1 Å². The van der Waals surface area contributed by atoms with E-state index in [1.54, 1.807) is 0 Å². The second-order valence-corrected chi connectivity index (χ2v) is 2.52. The van der Waals surface area contributed by atoms with Crippen molar-refractivity contribution in [2.75, 3.05) is 0 Å². The average molecular weight is 224 g/mol. The quantitative estimate of drug-likeness (QED) is 0.587. The molecule has 0 aliphatic heterocycles. The highest BCUT2D eigenvalue weighted by Crippen LogP contribution is 2.04. The fourth-order valence-corrected chi connectivity index (χ4v) is 1.01. The van der Waals surface area contributed by atoms with Crippen LogP contribution in [0.5, 0.6) is 0 Å². The van der Waals surface area contributed by atoms with E-state index >= 15 is 0 Å². The molecule has 1 rings (SSSR count). The summed E-state index contributed by atoms with van der Waals surface area (Å²) in [6, 6.07) is 8.83. The lowest BCUT2D eigenvalue weighted by molar-refractivity contribution is 1.10. The zero-order valence-corrected chi connectivity index (χ0v) is 12.7. The standard InChI is InChI=1S/C10H14.3C2H6/c1-3-9-5-7-10(4-2)8-6-9;3*1-2/h5-8H,3-4H2,1-2H3;3*1-2H3. The van der Waals surface area contributed by atoms with E-state index in [0.717, 1.165) is 12.8 Å². The Morgan fingerprint density at radius 2 is 0.750 bits per heavy atom. The molecule has 0 saturated carbocycles. The molecule has 0 saturated heterocycles. The molecule has 0 atom stereocenters. The highest BCUT2D eigenvalue weighted by atomic mass is 13.9. The maximum absolute atomic E-state index is 2.21. The molecule has 0 heterocycles. The third-order valence-electron chi connectivity index (χ3n) is 1.84. The Hall–Kier alpha value is -0.780. The van der Waals surface area contributed by atoms with Crippen LogP contribution in [0.25, 0.3) is 0 Å². The number of hydrogen-bond donors (Lipinski definition) is 0. The molecule has 0 radical (unpaired) electrons. The van der Waals surface area contributed by atoms with Gasteiger partial charge in [0.1, 0.15) is 0 Å². The largest absolute Gasteiger partial charge is 0.0683 e. The van der Waals surface area contributed by atoms with Crippen LogP contribution in [0.2, 0.25) is 0 Å². The van der Waals surface area contributed by atoms with Crippen LogP contribution in [0.3, 0.4) is 0 Å². The van der Waals surface area contributed by atoms with E-state index in [0.29, 0.717) is 0 Å². The molecule has 0 aromatic heterocycles. The smallest absolute Gasteiger partial charge is 0.0307 e. The summed E-state index contributed by atoms with van der Waals surface area (Å²) < 4.78 is 0. The number of hydrogen-bond acceptors (Lipinski definition) is 0. The molecule has 0 aliphatic rings. The minimum atomic E-state index is 1.14. The fraction of sp³-hybridized carbons (Fsp3) is 0.625. The van der Waals surface area contributed by atoms with Gasteiger partial charge >= 0.3 is 0 Å². The third kappa shape index (κ3) is 11.3. The van der Waals surface area contributed by atoms with Crippen molar-refractivity contribution in [3.05, 3.63) is 35.4 Å². The van der Waals surface area contributed by atoms with Crippen molar-refractivity contribution in [2.45, 2.75) is 68.2 Å². The summed E-state index contributed by atoms with van der Waals surface area (Å²) in [4.78, 5) is 0. The molecular formula is C16H32. The van der Waals surface area contributed by atoms with Crippen molar-refractivity contribution in [1.29, 1.82) is 0 Å². The van der Waals surface area contributed by atoms with Gasteiger partial charge in [0.05, 0.1) is 0 Å². The molecule has 0 fully saturated rings. The minimum absolute atomic E-state index is 1.14. The lowest BCUT2D eigenvalue weighted by Gasteiger charge is -1.97. The van der Waals surface area contributed by atoms with E-state index in [4.69, 9.17) is 0 Å². The van der Waals surface area contributed by atoms with Crippen molar-refractivity contribution >= 4 is 0 Å². The molecule has 0 N–H and O–H groups in total. The average Bonchev–Trinajstić information content (AvgIpc) is 2.45. The molecule has 1 aromatic carbocycles. The van der Waals surface area contributed by atoms with Gasteiger partial charge in [0.15, 0.2) is 0 Å². The van der Waals surface area contributed by atoms with Gasteiger partial charge in [0.2, 0.25) is 0 Å². The molecule has 1 aromatic rings. The Balaban J connectivity index is -0.000000245. The number of benzene rings is 1. The summed E-state index contributed by atoms with van der Waals surface area (Å²) in [5.74, 6) is 0. The summed E-state index contributed by atoms with van der Waals surface area (Å²) in [6.07, 6.45) is 2.29. The Labute approximate surface area is 104 Å². The third-order valence-corrected chi connectivity index (χ3v) is 1.84. The van der Waals surface area contributed by atoms with Gasteiger partial charge in [0, 0.05) is 0 Å². The Kier molecular flexibility index (Phi) is 25.4. The second-order valence-electron chi connectivity index (χ2n) is 2.52. The van der Waals surface area contributed by atoms with Crippen molar-refractivity contribution in [2.24, 2.45) is 0 Å². The minimum Gasteiger partial charge on any atom is -0.0683 e. The molecule has 0 spiro atoms. The van der Waals surface area contributed by atoms with E-state index in [2.05, 4.69) is 38.1 Å². The van der Waals surface area contributed by atoms with Gasteiger partial charge in [0.25, 0.3) is 0 Å². The molecule has 0 bridgehead atoms. The summed E-state index contributed by atoms with van der Waals surface area (Å²) >= 11 is 0. The van der Waals surface area contributed by atoms with Crippen molar-refractivity contribution in [1.82, 2.24) is 0 Å². The molecule has 0 unspecified atom stereocenters. The van der Waals surface area contributed by atoms with E-state index < -0.39 is 0 Å². The highest BCUT2D eigenvalue weighted by molar-refractivity contribution is 5.22. The van der Waals surface area contributed by atoms with Crippen LogP contribution in [0.1, 0.15) is 66.5 Å². The first-order valence-electron chi connectivity index (χ1n) is 6.94. The predicted octanol–water partition coefficient (Wildman–Crippen LogP) is 5.89. The first kappa shape index (κ1) is 20.6.